The number of allylic oxidation sites excluding steroid dienone is 7. The van der Waals surface area contributed by atoms with Crippen LogP contribution >= 0.6 is 0 Å². The van der Waals surface area contributed by atoms with E-state index in [2.05, 4.69) is 69.9 Å². The van der Waals surface area contributed by atoms with E-state index in [0.29, 0.717) is 0 Å². The van der Waals surface area contributed by atoms with Crippen molar-refractivity contribution in [2.24, 2.45) is 0 Å². The molecule has 0 heterocycles. The quantitative estimate of drug-likeness (QED) is 0.564. The van der Waals surface area contributed by atoms with Crippen LogP contribution in [0.5, 0.6) is 0 Å². The van der Waals surface area contributed by atoms with Crippen molar-refractivity contribution in [2.75, 3.05) is 0 Å². The van der Waals surface area contributed by atoms with Gasteiger partial charge in [-0.3, -0.25) is 0 Å². The smallest absolute Gasteiger partial charge is 0.0120 e. The second kappa shape index (κ2) is 7.26. The molecule has 1 aliphatic carbocycles. The molecule has 0 radical (unpaired) electrons. The Hall–Kier alpha value is -1.82. The van der Waals surface area contributed by atoms with Crippen molar-refractivity contribution in [3.05, 3.63) is 76.9 Å². The lowest BCUT2D eigenvalue weighted by molar-refractivity contribution is 0.811. The molecule has 0 heteroatoms. The Balaban J connectivity index is 2.38. The standard InChI is InChI=1S/C21H26/c1-16(2)10-8-13-19-14-9-12-18(4)21(19)20-15-7-5-6-11-17(20)3/h6-7,9,11-12,14-15H,1,5,8,10,13H2,2-4H3. The number of aryl methyl sites for hydroxylation is 2. The topological polar surface area (TPSA) is 0 Å². The lowest BCUT2D eigenvalue weighted by Crippen LogP contribution is -1.98. The Bertz CT molecular complexity index is 609. The molecule has 0 unspecified atom stereocenters. The van der Waals surface area contributed by atoms with Gasteiger partial charge in [0, 0.05) is 0 Å². The van der Waals surface area contributed by atoms with Crippen molar-refractivity contribution in [3.63, 3.8) is 0 Å². The van der Waals surface area contributed by atoms with Gasteiger partial charge in [-0.1, -0.05) is 48.1 Å². The van der Waals surface area contributed by atoms with Crippen LogP contribution in [-0.2, 0) is 6.42 Å². The summed E-state index contributed by atoms with van der Waals surface area (Å²) in [5.41, 5.74) is 8.28. The summed E-state index contributed by atoms with van der Waals surface area (Å²) in [6.45, 7) is 10.6. The molecule has 2 rings (SSSR count). The van der Waals surface area contributed by atoms with E-state index in [4.69, 9.17) is 0 Å². The number of hydrogen-bond acceptors (Lipinski definition) is 0. The van der Waals surface area contributed by atoms with Gasteiger partial charge in [0.25, 0.3) is 0 Å². The fourth-order valence-electron chi connectivity index (χ4n) is 2.91. The van der Waals surface area contributed by atoms with E-state index in [0.717, 1.165) is 19.3 Å². The normalized spacial score (nSPS) is 14.4. The van der Waals surface area contributed by atoms with E-state index < -0.39 is 0 Å². The van der Waals surface area contributed by atoms with E-state index in [1.165, 1.54) is 39.8 Å². The molecule has 1 aromatic rings. The van der Waals surface area contributed by atoms with Crippen molar-refractivity contribution >= 4 is 5.57 Å². The summed E-state index contributed by atoms with van der Waals surface area (Å²) in [5, 5.41) is 0. The van der Waals surface area contributed by atoms with Crippen molar-refractivity contribution in [2.45, 2.75) is 46.5 Å². The first-order valence-corrected chi connectivity index (χ1v) is 7.87. The summed E-state index contributed by atoms with van der Waals surface area (Å²) < 4.78 is 0. The van der Waals surface area contributed by atoms with Gasteiger partial charge < -0.3 is 0 Å². The van der Waals surface area contributed by atoms with Crippen LogP contribution in [0, 0.1) is 6.92 Å². The summed E-state index contributed by atoms with van der Waals surface area (Å²) in [4.78, 5) is 0. The second-order valence-corrected chi connectivity index (χ2v) is 6.06. The molecule has 0 spiro atoms. The number of rotatable bonds is 5. The van der Waals surface area contributed by atoms with Gasteiger partial charge in [0.15, 0.2) is 0 Å². The molecule has 0 amide bonds. The number of benzene rings is 1. The average molecular weight is 278 g/mol. The largest absolute Gasteiger partial charge is 0.100 e. The molecule has 0 fully saturated rings. The molecule has 21 heavy (non-hydrogen) atoms. The summed E-state index contributed by atoms with van der Waals surface area (Å²) in [7, 11) is 0. The average Bonchev–Trinajstić information content (AvgIpc) is 2.64. The molecule has 0 saturated heterocycles. The molecule has 0 N–H and O–H groups in total. The molecule has 0 bridgehead atoms. The maximum absolute atomic E-state index is 4.01. The second-order valence-electron chi connectivity index (χ2n) is 6.06. The predicted molar refractivity (Wildman–Crippen MR) is 94.4 cm³/mol. The zero-order valence-electron chi connectivity index (χ0n) is 13.6. The first-order chi connectivity index (χ1) is 10.1. The monoisotopic (exact) mass is 278 g/mol. The fourth-order valence-corrected chi connectivity index (χ4v) is 2.91. The van der Waals surface area contributed by atoms with Gasteiger partial charge in [0.2, 0.25) is 0 Å². The highest BCUT2D eigenvalue weighted by Crippen LogP contribution is 2.30. The summed E-state index contributed by atoms with van der Waals surface area (Å²) in [5.74, 6) is 0. The maximum Gasteiger partial charge on any atom is -0.0120 e. The molecule has 110 valence electrons. The predicted octanol–water partition coefficient (Wildman–Crippen LogP) is 6.18. The molecule has 1 aliphatic rings. The van der Waals surface area contributed by atoms with E-state index >= 15 is 0 Å². The summed E-state index contributed by atoms with van der Waals surface area (Å²) in [6, 6.07) is 6.69. The molecular formula is C21H26. The van der Waals surface area contributed by atoms with Gasteiger partial charge in [-0.2, -0.15) is 0 Å². The van der Waals surface area contributed by atoms with Gasteiger partial charge >= 0.3 is 0 Å². The summed E-state index contributed by atoms with van der Waals surface area (Å²) >= 11 is 0. The van der Waals surface area contributed by atoms with Gasteiger partial charge in [0.05, 0.1) is 0 Å². The molecule has 0 nitrogen and oxygen atoms in total. The fraction of sp³-hybridized carbons (Fsp3) is 0.333. The molecule has 0 saturated carbocycles. The van der Waals surface area contributed by atoms with Crippen LogP contribution in [-0.4, -0.2) is 0 Å². The molecule has 0 atom stereocenters. The Morgan fingerprint density at radius 3 is 2.67 bits per heavy atom. The molecular weight excluding hydrogens is 252 g/mol. The van der Waals surface area contributed by atoms with E-state index in [1.54, 1.807) is 0 Å². The Morgan fingerprint density at radius 2 is 1.90 bits per heavy atom. The zero-order chi connectivity index (χ0) is 15.2. The maximum atomic E-state index is 4.01. The molecule has 0 aliphatic heterocycles. The third-order valence-electron chi connectivity index (χ3n) is 4.03. The minimum absolute atomic E-state index is 1.03. The lowest BCUT2D eigenvalue weighted by atomic mass is 9.89. The van der Waals surface area contributed by atoms with Gasteiger partial charge in [-0.15, -0.1) is 6.58 Å². The highest BCUT2D eigenvalue weighted by molar-refractivity contribution is 5.82. The van der Waals surface area contributed by atoms with Crippen LogP contribution in [0.25, 0.3) is 5.57 Å². The van der Waals surface area contributed by atoms with Crippen LogP contribution in [0.1, 0.15) is 49.8 Å². The SMILES string of the molecule is C=C(C)CCCc1cccc(C)c1C1=C(C)C=CCC=C1. The van der Waals surface area contributed by atoms with Crippen molar-refractivity contribution in [1.29, 1.82) is 0 Å². The van der Waals surface area contributed by atoms with Crippen LogP contribution in [0.4, 0.5) is 0 Å². The summed E-state index contributed by atoms with van der Waals surface area (Å²) in [6.07, 6.45) is 13.5. The van der Waals surface area contributed by atoms with Crippen molar-refractivity contribution in [1.82, 2.24) is 0 Å². The van der Waals surface area contributed by atoms with Gasteiger partial charge in [-0.05, 0) is 74.3 Å². The molecule has 0 aromatic heterocycles. The molecule has 1 aromatic carbocycles. The van der Waals surface area contributed by atoms with Crippen molar-refractivity contribution < 1.29 is 0 Å². The Morgan fingerprint density at radius 1 is 1.14 bits per heavy atom. The van der Waals surface area contributed by atoms with Crippen LogP contribution < -0.4 is 0 Å². The van der Waals surface area contributed by atoms with Crippen LogP contribution in [0.2, 0.25) is 0 Å². The Labute approximate surface area is 129 Å². The highest BCUT2D eigenvalue weighted by atomic mass is 14.2. The van der Waals surface area contributed by atoms with Crippen LogP contribution in [0.3, 0.4) is 0 Å². The van der Waals surface area contributed by atoms with Gasteiger partial charge in [0.1, 0.15) is 0 Å². The third-order valence-corrected chi connectivity index (χ3v) is 4.03. The minimum atomic E-state index is 1.03. The highest BCUT2D eigenvalue weighted by Gasteiger charge is 2.11. The minimum Gasteiger partial charge on any atom is -0.100 e. The number of hydrogen-bond donors (Lipinski definition) is 0. The lowest BCUT2D eigenvalue weighted by Gasteiger charge is -2.15. The third kappa shape index (κ3) is 4.07. The van der Waals surface area contributed by atoms with E-state index in [-0.39, 0.29) is 0 Å². The van der Waals surface area contributed by atoms with E-state index in [1.807, 2.05) is 0 Å². The van der Waals surface area contributed by atoms with Gasteiger partial charge in [-0.25, -0.2) is 0 Å². The van der Waals surface area contributed by atoms with Crippen LogP contribution in [0.15, 0.2) is 60.2 Å². The van der Waals surface area contributed by atoms with E-state index in [9.17, 15) is 0 Å². The first kappa shape index (κ1) is 15.6. The van der Waals surface area contributed by atoms with Crippen molar-refractivity contribution in [3.8, 4) is 0 Å². The zero-order valence-corrected chi connectivity index (χ0v) is 13.6. The first-order valence-electron chi connectivity index (χ1n) is 7.87. The Kier molecular flexibility index (Phi) is 5.38.